The van der Waals surface area contributed by atoms with Crippen LogP contribution in [0.4, 0.5) is 0 Å². The van der Waals surface area contributed by atoms with E-state index in [4.69, 9.17) is 5.14 Å². The van der Waals surface area contributed by atoms with Crippen LogP contribution in [0.15, 0.2) is 17.6 Å². The van der Waals surface area contributed by atoms with Crippen LogP contribution in [-0.2, 0) is 17.1 Å². The van der Waals surface area contributed by atoms with Gasteiger partial charge in [-0.05, 0) is 0 Å². The van der Waals surface area contributed by atoms with Gasteiger partial charge in [0, 0.05) is 13.2 Å². The highest BCUT2D eigenvalue weighted by molar-refractivity contribution is 7.88. The first-order valence-corrected chi connectivity index (χ1v) is 3.96. The molecule has 6 heteroatoms. The Morgan fingerprint density at radius 3 is 2.50 bits per heavy atom. The molecule has 0 unspecified atom stereocenters. The topological polar surface area (TPSA) is 75.8 Å². The molecule has 5 nitrogen and oxygen atoms in total. The molecule has 0 aliphatic heterocycles. The Hall–Kier alpha value is -0.880. The maximum atomic E-state index is 10.4. The molecular formula is C4H6N3O2S. The lowest BCUT2D eigenvalue weighted by atomic mass is 10.9. The first-order valence-electron chi connectivity index (χ1n) is 2.48. The Kier molecular flexibility index (Phi) is 1.49. The molecular weight excluding hydrogens is 154 g/mol. The number of nitrogens with one attached hydrogen (secondary N) is 1. The van der Waals surface area contributed by atoms with Crippen LogP contribution in [0.1, 0.15) is 0 Å². The Balaban J connectivity index is 3.21. The standard InChI is InChI=1S/C4H6N3O2S/c1-7-2-4(6-3-7)10(5,8)9/h2-3,5H,1H3. The Morgan fingerprint density at radius 2 is 2.30 bits per heavy atom. The van der Waals surface area contributed by atoms with E-state index in [1.54, 1.807) is 7.05 Å². The fourth-order valence-electron chi connectivity index (χ4n) is 0.528. The van der Waals surface area contributed by atoms with Crippen molar-refractivity contribution >= 4 is 10.0 Å². The summed E-state index contributed by atoms with van der Waals surface area (Å²) in [4.78, 5) is 3.47. The molecule has 1 aromatic rings. The van der Waals surface area contributed by atoms with Gasteiger partial charge in [0.05, 0.1) is 6.33 Å². The maximum absolute atomic E-state index is 10.4. The van der Waals surface area contributed by atoms with Crippen molar-refractivity contribution in [2.75, 3.05) is 0 Å². The number of rotatable bonds is 1. The average molecular weight is 160 g/mol. The smallest absolute Gasteiger partial charge is 0.273 e. The lowest BCUT2D eigenvalue weighted by molar-refractivity contribution is 0.593. The monoisotopic (exact) mass is 160 g/mol. The van der Waals surface area contributed by atoms with Crippen LogP contribution < -0.4 is 5.14 Å². The van der Waals surface area contributed by atoms with E-state index in [0.29, 0.717) is 0 Å². The SMILES string of the molecule is Cn1cnc(S([NH])(=O)=O)c1. The molecule has 0 saturated carbocycles. The normalized spacial score (nSPS) is 11.8. The molecule has 1 N–H and O–H groups in total. The molecule has 0 aliphatic rings. The number of hydrogen-bond acceptors (Lipinski definition) is 3. The van der Waals surface area contributed by atoms with Gasteiger partial charge in [-0.25, -0.2) is 13.4 Å². The molecule has 0 amide bonds. The third-order valence-corrected chi connectivity index (χ3v) is 1.72. The van der Waals surface area contributed by atoms with Gasteiger partial charge in [-0.15, -0.1) is 5.14 Å². The molecule has 1 rings (SSSR count). The molecule has 0 saturated heterocycles. The van der Waals surface area contributed by atoms with E-state index in [9.17, 15) is 8.42 Å². The molecule has 1 heterocycles. The van der Waals surface area contributed by atoms with E-state index in [-0.39, 0.29) is 5.03 Å². The molecule has 0 bridgehead atoms. The predicted octanol–water partition coefficient (Wildman–Crippen LogP) is -0.608. The number of aryl methyl sites for hydroxylation is 1. The summed E-state index contributed by atoms with van der Waals surface area (Å²) in [5.41, 5.74) is 0. The van der Waals surface area contributed by atoms with Gasteiger partial charge in [0.25, 0.3) is 10.0 Å². The van der Waals surface area contributed by atoms with Gasteiger partial charge in [-0.3, -0.25) is 0 Å². The van der Waals surface area contributed by atoms with Crippen LogP contribution in [0.3, 0.4) is 0 Å². The fraction of sp³-hybridized carbons (Fsp3) is 0.250. The minimum atomic E-state index is -3.86. The van der Waals surface area contributed by atoms with E-state index in [1.165, 1.54) is 17.1 Å². The van der Waals surface area contributed by atoms with Gasteiger partial charge in [-0.1, -0.05) is 0 Å². The number of sulfonamides is 1. The third-order valence-electron chi connectivity index (χ3n) is 0.957. The van der Waals surface area contributed by atoms with E-state index >= 15 is 0 Å². The summed E-state index contributed by atoms with van der Waals surface area (Å²) in [7, 11) is -2.22. The first kappa shape index (κ1) is 7.23. The fourth-order valence-corrected chi connectivity index (χ4v) is 1.02. The zero-order chi connectivity index (χ0) is 7.78. The summed E-state index contributed by atoms with van der Waals surface area (Å²) in [6, 6.07) is 0. The Bertz CT molecular complexity index is 326. The summed E-state index contributed by atoms with van der Waals surface area (Å²) in [6.45, 7) is 0. The van der Waals surface area contributed by atoms with Gasteiger partial charge in [-0.2, -0.15) is 0 Å². The second-order valence-corrected chi connectivity index (χ2v) is 3.31. The van der Waals surface area contributed by atoms with Crippen molar-refractivity contribution in [1.29, 1.82) is 0 Å². The van der Waals surface area contributed by atoms with E-state index in [2.05, 4.69) is 4.98 Å². The first-order chi connectivity index (χ1) is 4.50. The Labute approximate surface area is 58.5 Å². The van der Waals surface area contributed by atoms with Gasteiger partial charge >= 0.3 is 0 Å². The third kappa shape index (κ3) is 1.34. The average Bonchev–Trinajstić information content (AvgIpc) is 2.11. The van der Waals surface area contributed by atoms with Crippen LogP contribution in [0.2, 0.25) is 0 Å². The predicted molar refractivity (Wildman–Crippen MR) is 33.5 cm³/mol. The lowest BCUT2D eigenvalue weighted by Gasteiger charge is -1.85. The van der Waals surface area contributed by atoms with E-state index < -0.39 is 10.0 Å². The summed E-state index contributed by atoms with van der Waals surface area (Å²) in [6.07, 6.45) is 2.61. The highest BCUT2D eigenvalue weighted by Crippen LogP contribution is 2.00. The Morgan fingerprint density at radius 1 is 1.70 bits per heavy atom. The summed E-state index contributed by atoms with van der Waals surface area (Å²) < 4.78 is 22.3. The molecule has 0 spiro atoms. The van der Waals surface area contributed by atoms with Crippen molar-refractivity contribution in [2.45, 2.75) is 5.03 Å². The van der Waals surface area contributed by atoms with Crippen molar-refractivity contribution < 1.29 is 8.42 Å². The molecule has 0 atom stereocenters. The number of aromatic nitrogens is 2. The molecule has 0 aromatic carbocycles. The summed E-state index contributed by atoms with van der Waals surface area (Å²) in [5, 5.41) is 6.37. The summed E-state index contributed by atoms with van der Waals surface area (Å²) >= 11 is 0. The van der Waals surface area contributed by atoms with Crippen LogP contribution in [0.5, 0.6) is 0 Å². The second kappa shape index (κ2) is 2.06. The minimum absolute atomic E-state index is 0.213. The van der Waals surface area contributed by atoms with Crippen molar-refractivity contribution in [1.82, 2.24) is 14.7 Å². The van der Waals surface area contributed by atoms with E-state index in [1.807, 2.05) is 0 Å². The van der Waals surface area contributed by atoms with Crippen molar-refractivity contribution in [3.05, 3.63) is 12.5 Å². The highest BCUT2D eigenvalue weighted by Gasteiger charge is 2.10. The van der Waals surface area contributed by atoms with Gasteiger partial charge in [0.2, 0.25) is 0 Å². The number of hydrogen-bond donors (Lipinski definition) is 0. The number of imidazole rings is 1. The van der Waals surface area contributed by atoms with Gasteiger partial charge in [0.1, 0.15) is 0 Å². The van der Waals surface area contributed by atoms with Crippen LogP contribution in [0, 0.1) is 0 Å². The zero-order valence-electron chi connectivity index (χ0n) is 5.27. The molecule has 10 heavy (non-hydrogen) atoms. The maximum Gasteiger partial charge on any atom is 0.273 e. The van der Waals surface area contributed by atoms with Gasteiger partial charge in [0.15, 0.2) is 5.03 Å². The quantitative estimate of drug-likeness (QED) is 0.550. The molecule has 0 fully saturated rings. The molecule has 55 valence electrons. The van der Waals surface area contributed by atoms with E-state index in [0.717, 1.165) is 0 Å². The van der Waals surface area contributed by atoms with Crippen LogP contribution in [-0.4, -0.2) is 18.0 Å². The number of nitrogens with zero attached hydrogens (tertiary/aromatic N) is 2. The molecule has 1 aromatic heterocycles. The highest BCUT2D eigenvalue weighted by atomic mass is 32.2. The van der Waals surface area contributed by atoms with Gasteiger partial charge < -0.3 is 4.57 Å². The zero-order valence-corrected chi connectivity index (χ0v) is 6.09. The largest absolute Gasteiger partial charge is 0.339 e. The minimum Gasteiger partial charge on any atom is -0.339 e. The summed E-state index contributed by atoms with van der Waals surface area (Å²) in [5.74, 6) is 0. The van der Waals surface area contributed by atoms with Crippen molar-refractivity contribution in [3.63, 3.8) is 0 Å². The molecule has 1 radical (unpaired) electrons. The van der Waals surface area contributed by atoms with Crippen molar-refractivity contribution in [2.24, 2.45) is 7.05 Å². The van der Waals surface area contributed by atoms with Crippen LogP contribution >= 0.6 is 0 Å². The van der Waals surface area contributed by atoms with Crippen molar-refractivity contribution in [3.8, 4) is 0 Å². The van der Waals surface area contributed by atoms with Crippen LogP contribution in [0.25, 0.3) is 0 Å². The lowest BCUT2D eigenvalue weighted by Crippen LogP contribution is -2.00. The molecule has 0 aliphatic carbocycles. The second-order valence-electron chi connectivity index (χ2n) is 1.88.